The van der Waals surface area contributed by atoms with Crippen LogP contribution in [0, 0.1) is 0 Å². The van der Waals surface area contributed by atoms with Crippen LogP contribution in [0.5, 0.6) is 5.75 Å². The molecule has 1 fully saturated rings. The van der Waals surface area contributed by atoms with E-state index in [0.717, 1.165) is 19.6 Å². The summed E-state index contributed by atoms with van der Waals surface area (Å²) in [5.74, 6) is 0.645. The molecule has 1 atom stereocenters. The zero-order valence-electron chi connectivity index (χ0n) is 14.2. The summed E-state index contributed by atoms with van der Waals surface area (Å²) in [4.78, 5) is 6.62. The molecule has 1 saturated heterocycles. The molecule has 134 valence electrons. The Bertz CT molecular complexity index is 778. The molecular weight excluding hydrogens is 340 g/mol. The van der Waals surface area contributed by atoms with Crippen LogP contribution in [0.1, 0.15) is 5.56 Å². The lowest BCUT2D eigenvalue weighted by molar-refractivity contribution is 0.0710. The van der Waals surface area contributed by atoms with Gasteiger partial charge in [0.25, 0.3) is 0 Å². The Morgan fingerprint density at radius 3 is 2.60 bits per heavy atom. The normalized spacial score (nSPS) is 19.3. The first kappa shape index (κ1) is 17.8. The van der Waals surface area contributed by atoms with Crippen LogP contribution in [0.25, 0.3) is 0 Å². The number of nitrogens with zero attached hydrogens (tertiary/aromatic N) is 2. The zero-order chi connectivity index (χ0) is 17.7. The lowest BCUT2D eigenvalue weighted by atomic mass is 10.2. The second-order valence-corrected chi connectivity index (χ2v) is 8.16. The van der Waals surface area contributed by atoms with Crippen LogP contribution in [-0.2, 0) is 21.1 Å². The van der Waals surface area contributed by atoms with Gasteiger partial charge in [0.2, 0.25) is 0 Å². The number of benzene rings is 1. The fourth-order valence-corrected chi connectivity index (χ4v) is 3.39. The summed E-state index contributed by atoms with van der Waals surface area (Å²) in [5, 5.41) is 0. The Morgan fingerprint density at radius 2 is 1.92 bits per heavy atom. The minimum atomic E-state index is -3.20. The van der Waals surface area contributed by atoms with Crippen molar-refractivity contribution in [2.45, 2.75) is 17.5 Å². The van der Waals surface area contributed by atoms with Gasteiger partial charge in [0.1, 0.15) is 11.9 Å². The summed E-state index contributed by atoms with van der Waals surface area (Å²) in [7, 11) is -3.20. The average molecular weight is 362 g/mol. The summed E-state index contributed by atoms with van der Waals surface area (Å²) in [6, 6.07) is 10.5. The highest BCUT2D eigenvalue weighted by Crippen LogP contribution is 2.18. The molecule has 2 heterocycles. The van der Waals surface area contributed by atoms with Crippen LogP contribution in [-0.4, -0.2) is 57.0 Å². The third kappa shape index (κ3) is 5.26. The van der Waals surface area contributed by atoms with Gasteiger partial charge in [-0.1, -0.05) is 0 Å². The van der Waals surface area contributed by atoms with Gasteiger partial charge in [0.15, 0.2) is 9.84 Å². The molecule has 0 aliphatic carbocycles. The van der Waals surface area contributed by atoms with Crippen molar-refractivity contribution in [3.8, 4) is 5.75 Å². The second-order valence-electron chi connectivity index (χ2n) is 6.15. The number of aromatic nitrogens is 1. The molecule has 0 amide bonds. The van der Waals surface area contributed by atoms with Crippen molar-refractivity contribution in [1.29, 1.82) is 0 Å². The van der Waals surface area contributed by atoms with Gasteiger partial charge < -0.3 is 9.47 Å². The molecule has 6 nitrogen and oxygen atoms in total. The molecule has 1 aliphatic heterocycles. The molecule has 0 bridgehead atoms. The van der Waals surface area contributed by atoms with Gasteiger partial charge in [-0.25, -0.2) is 8.42 Å². The van der Waals surface area contributed by atoms with Crippen molar-refractivity contribution in [1.82, 2.24) is 9.88 Å². The SMILES string of the molecule is CS(=O)(=O)c1ccc(O[C@H]2COCCN(Cc3ccncc3)C2)cc1. The molecule has 1 aromatic carbocycles. The van der Waals surface area contributed by atoms with E-state index in [2.05, 4.69) is 9.88 Å². The minimum absolute atomic E-state index is 0.103. The molecule has 0 N–H and O–H groups in total. The van der Waals surface area contributed by atoms with Crippen molar-refractivity contribution in [2.24, 2.45) is 0 Å². The third-order valence-electron chi connectivity index (χ3n) is 4.03. The minimum Gasteiger partial charge on any atom is -0.487 e. The predicted molar refractivity (Wildman–Crippen MR) is 94.3 cm³/mol. The predicted octanol–water partition coefficient (Wildman–Crippen LogP) is 1.76. The third-order valence-corrected chi connectivity index (χ3v) is 5.16. The average Bonchev–Trinajstić information content (AvgIpc) is 2.80. The summed E-state index contributed by atoms with van der Waals surface area (Å²) < 4.78 is 34.7. The van der Waals surface area contributed by atoms with E-state index in [0.29, 0.717) is 19.0 Å². The molecule has 0 spiro atoms. The quantitative estimate of drug-likeness (QED) is 0.807. The van der Waals surface area contributed by atoms with Crippen molar-refractivity contribution in [3.63, 3.8) is 0 Å². The molecule has 25 heavy (non-hydrogen) atoms. The van der Waals surface area contributed by atoms with Crippen molar-refractivity contribution in [3.05, 3.63) is 54.4 Å². The van der Waals surface area contributed by atoms with E-state index in [1.807, 2.05) is 12.1 Å². The van der Waals surface area contributed by atoms with Gasteiger partial charge >= 0.3 is 0 Å². The number of hydrogen-bond donors (Lipinski definition) is 0. The number of pyridine rings is 1. The Hall–Kier alpha value is -1.96. The maximum atomic E-state index is 11.5. The number of rotatable bonds is 5. The maximum Gasteiger partial charge on any atom is 0.175 e. The molecule has 2 aromatic rings. The highest BCUT2D eigenvalue weighted by Gasteiger charge is 2.20. The smallest absolute Gasteiger partial charge is 0.175 e. The molecular formula is C18H22N2O4S. The van der Waals surface area contributed by atoms with Gasteiger partial charge in [-0.05, 0) is 42.0 Å². The first-order valence-electron chi connectivity index (χ1n) is 8.16. The molecule has 0 radical (unpaired) electrons. The van der Waals surface area contributed by atoms with Crippen molar-refractivity contribution >= 4 is 9.84 Å². The van der Waals surface area contributed by atoms with Gasteiger partial charge in [0, 0.05) is 38.3 Å². The first-order chi connectivity index (χ1) is 12.0. The van der Waals surface area contributed by atoms with Crippen LogP contribution in [0.3, 0.4) is 0 Å². The summed E-state index contributed by atoms with van der Waals surface area (Å²) >= 11 is 0. The Morgan fingerprint density at radius 1 is 1.20 bits per heavy atom. The van der Waals surface area contributed by atoms with E-state index in [1.54, 1.807) is 36.7 Å². The highest BCUT2D eigenvalue weighted by atomic mass is 32.2. The Kier molecular flexibility index (Phi) is 5.67. The van der Waals surface area contributed by atoms with Gasteiger partial charge in [-0.3, -0.25) is 9.88 Å². The van der Waals surface area contributed by atoms with Crippen LogP contribution in [0.4, 0.5) is 0 Å². The molecule has 0 unspecified atom stereocenters. The zero-order valence-corrected chi connectivity index (χ0v) is 15.0. The van der Waals surface area contributed by atoms with E-state index in [9.17, 15) is 8.42 Å². The summed E-state index contributed by atoms with van der Waals surface area (Å²) in [5.41, 5.74) is 1.20. The molecule has 1 aromatic heterocycles. The van der Waals surface area contributed by atoms with E-state index in [-0.39, 0.29) is 11.0 Å². The molecule has 1 aliphatic rings. The van der Waals surface area contributed by atoms with Crippen LogP contribution in [0.15, 0.2) is 53.7 Å². The summed E-state index contributed by atoms with van der Waals surface area (Å²) in [6.07, 6.45) is 4.68. The van der Waals surface area contributed by atoms with Crippen molar-refractivity contribution < 1.29 is 17.9 Å². The number of ether oxygens (including phenoxy) is 2. The van der Waals surface area contributed by atoms with Crippen LogP contribution in [0.2, 0.25) is 0 Å². The van der Waals surface area contributed by atoms with Crippen LogP contribution >= 0.6 is 0 Å². The standard InChI is InChI=1S/C18H22N2O4S/c1-25(21,22)18-4-2-16(3-5-18)24-17-13-20(10-11-23-14-17)12-15-6-8-19-9-7-15/h2-9,17H,10-14H2,1H3/t17-/m1/s1. The largest absolute Gasteiger partial charge is 0.487 e. The Labute approximate surface area is 148 Å². The molecule has 0 saturated carbocycles. The first-order valence-corrected chi connectivity index (χ1v) is 10.1. The monoisotopic (exact) mass is 362 g/mol. The van der Waals surface area contributed by atoms with Gasteiger partial charge in [0.05, 0.1) is 18.1 Å². The number of sulfone groups is 1. The van der Waals surface area contributed by atoms with Crippen LogP contribution < -0.4 is 4.74 Å². The van der Waals surface area contributed by atoms with Crippen molar-refractivity contribution in [2.75, 3.05) is 32.6 Å². The lowest BCUT2D eigenvalue weighted by Gasteiger charge is -2.24. The van der Waals surface area contributed by atoms with Gasteiger partial charge in [-0.2, -0.15) is 0 Å². The van der Waals surface area contributed by atoms with E-state index < -0.39 is 9.84 Å². The van der Waals surface area contributed by atoms with E-state index in [4.69, 9.17) is 9.47 Å². The Balaban J connectivity index is 1.63. The number of hydrogen-bond acceptors (Lipinski definition) is 6. The highest BCUT2D eigenvalue weighted by molar-refractivity contribution is 7.90. The van der Waals surface area contributed by atoms with E-state index >= 15 is 0 Å². The molecule has 3 rings (SSSR count). The van der Waals surface area contributed by atoms with Gasteiger partial charge in [-0.15, -0.1) is 0 Å². The fourth-order valence-electron chi connectivity index (χ4n) is 2.76. The molecule has 7 heteroatoms. The second kappa shape index (κ2) is 7.95. The topological polar surface area (TPSA) is 68.7 Å². The maximum absolute atomic E-state index is 11.5. The summed E-state index contributed by atoms with van der Waals surface area (Å²) in [6.45, 7) is 3.59. The van der Waals surface area contributed by atoms with E-state index in [1.165, 1.54) is 11.8 Å². The lowest BCUT2D eigenvalue weighted by Crippen LogP contribution is -2.35. The fraction of sp³-hybridized carbons (Fsp3) is 0.389.